The minimum atomic E-state index is -0.439. The summed E-state index contributed by atoms with van der Waals surface area (Å²) < 4.78 is 4.74. The Kier molecular flexibility index (Phi) is 8.92. The number of likely N-dealkylation sites (tertiary alicyclic amines) is 1. The minimum absolute atomic E-state index is 0.0766. The summed E-state index contributed by atoms with van der Waals surface area (Å²) >= 11 is 12.4. The maximum absolute atomic E-state index is 13.1. The number of aromatic nitrogens is 1. The van der Waals surface area contributed by atoms with Crippen molar-refractivity contribution in [3.8, 4) is 0 Å². The van der Waals surface area contributed by atoms with Crippen LogP contribution in [0.3, 0.4) is 0 Å². The van der Waals surface area contributed by atoms with E-state index in [9.17, 15) is 14.4 Å². The maximum atomic E-state index is 13.1. The van der Waals surface area contributed by atoms with Crippen LogP contribution in [0.1, 0.15) is 56.2 Å². The quantitative estimate of drug-likeness (QED) is 0.142. The number of hydrogen-bond donors (Lipinski definition) is 2. The summed E-state index contributed by atoms with van der Waals surface area (Å²) in [6, 6.07) is 30.0. The molecule has 0 spiro atoms. The topological polar surface area (TPSA) is 91.5 Å². The number of piperidine rings is 1. The Morgan fingerprint density at radius 1 is 0.800 bits per heavy atom. The van der Waals surface area contributed by atoms with Crippen LogP contribution in [-0.4, -0.2) is 48.0 Å². The maximum Gasteiger partial charge on any atom is 0.337 e. The summed E-state index contributed by atoms with van der Waals surface area (Å²) in [6.07, 6.45) is 1.44. The Labute approximate surface area is 270 Å². The van der Waals surface area contributed by atoms with Crippen molar-refractivity contribution < 1.29 is 14.3 Å². The molecule has 0 unspecified atom stereocenters. The molecule has 1 aromatic heterocycles. The van der Waals surface area contributed by atoms with Gasteiger partial charge in [0, 0.05) is 57.8 Å². The molecule has 1 aliphatic rings. The number of amides is 1. The third-order valence-electron chi connectivity index (χ3n) is 8.30. The van der Waals surface area contributed by atoms with E-state index in [1.54, 1.807) is 30.3 Å². The van der Waals surface area contributed by atoms with Gasteiger partial charge in [-0.3, -0.25) is 9.59 Å². The van der Waals surface area contributed by atoms with Crippen molar-refractivity contribution in [1.29, 1.82) is 0 Å². The molecule has 1 saturated heterocycles. The van der Waals surface area contributed by atoms with Gasteiger partial charge in [0.1, 0.15) is 0 Å². The summed E-state index contributed by atoms with van der Waals surface area (Å²) in [5.41, 5.74) is 5.45. The van der Waals surface area contributed by atoms with Crippen molar-refractivity contribution in [2.75, 3.05) is 25.5 Å². The van der Waals surface area contributed by atoms with Crippen LogP contribution in [0, 0.1) is 0 Å². The smallest absolute Gasteiger partial charge is 0.337 e. The van der Waals surface area contributed by atoms with E-state index in [1.807, 2.05) is 65.6 Å². The zero-order chi connectivity index (χ0) is 31.5. The van der Waals surface area contributed by atoms with Gasteiger partial charge in [0.15, 0.2) is 0 Å². The standard InChI is InChI=1S/C36H31Cl2N3O4/c1-45-36(44)25-4-2-24(3-5-25)35(43)41-18-16-29(17-19-41)39-32-21-33(42)40-31-15-10-26(20-30(31)32)34(22-6-11-27(37)12-7-22)23-8-13-28(38)14-9-23/h2-15,20-21,29,34H,16-19H2,1H3,(H2,39,40,42). The van der Waals surface area contributed by atoms with E-state index in [-0.39, 0.29) is 23.4 Å². The van der Waals surface area contributed by atoms with Crippen LogP contribution >= 0.6 is 23.2 Å². The molecule has 0 atom stereocenters. The van der Waals surface area contributed by atoms with Crippen molar-refractivity contribution in [2.24, 2.45) is 0 Å². The predicted octanol–water partition coefficient (Wildman–Crippen LogP) is 7.52. The highest BCUT2D eigenvalue weighted by atomic mass is 35.5. The van der Waals surface area contributed by atoms with Crippen LogP contribution in [0.25, 0.3) is 10.9 Å². The molecule has 0 aliphatic carbocycles. The van der Waals surface area contributed by atoms with Crippen molar-refractivity contribution in [1.82, 2.24) is 9.88 Å². The predicted molar refractivity (Wildman–Crippen MR) is 179 cm³/mol. The minimum Gasteiger partial charge on any atom is -0.465 e. The normalized spacial score (nSPS) is 13.6. The SMILES string of the molecule is COC(=O)c1ccc(C(=O)N2CCC(Nc3cc(=O)[nH]c4ccc(C(c5ccc(Cl)cc5)c5ccc(Cl)cc5)cc34)CC2)cc1. The van der Waals surface area contributed by atoms with E-state index >= 15 is 0 Å². The lowest BCUT2D eigenvalue weighted by Crippen LogP contribution is -2.42. The second kappa shape index (κ2) is 13.2. The van der Waals surface area contributed by atoms with Crippen LogP contribution in [0.15, 0.2) is 102 Å². The number of benzene rings is 4. The first-order valence-electron chi connectivity index (χ1n) is 14.7. The zero-order valence-corrected chi connectivity index (χ0v) is 26.1. The summed E-state index contributed by atoms with van der Waals surface area (Å²) in [6.45, 7) is 1.13. The molecule has 7 nitrogen and oxygen atoms in total. The molecule has 9 heteroatoms. The molecule has 4 aromatic carbocycles. The van der Waals surface area contributed by atoms with Crippen molar-refractivity contribution >= 4 is 51.7 Å². The number of anilines is 1. The Morgan fingerprint density at radius 3 is 1.93 bits per heavy atom. The highest BCUT2D eigenvalue weighted by Crippen LogP contribution is 2.36. The van der Waals surface area contributed by atoms with Gasteiger partial charge >= 0.3 is 5.97 Å². The number of hydrogen-bond acceptors (Lipinski definition) is 5. The van der Waals surface area contributed by atoms with E-state index in [4.69, 9.17) is 27.9 Å². The van der Waals surface area contributed by atoms with Crippen LogP contribution in [0.4, 0.5) is 5.69 Å². The molecule has 2 heterocycles. The first kappa shape index (κ1) is 30.4. The third-order valence-corrected chi connectivity index (χ3v) is 8.81. The molecule has 1 aliphatic heterocycles. The number of esters is 1. The molecule has 5 aromatic rings. The first-order chi connectivity index (χ1) is 21.8. The molecule has 0 bridgehead atoms. The zero-order valence-electron chi connectivity index (χ0n) is 24.6. The molecular formula is C36H31Cl2N3O4. The second-order valence-electron chi connectivity index (χ2n) is 11.2. The summed E-state index contributed by atoms with van der Waals surface area (Å²) in [5.74, 6) is -0.600. The molecule has 1 fully saturated rings. The Bertz CT molecular complexity index is 1850. The van der Waals surface area contributed by atoms with E-state index in [0.29, 0.717) is 34.3 Å². The van der Waals surface area contributed by atoms with Gasteiger partial charge in [0.25, 0.3) is 5.91 Å². The summed E-state index contributed by atoms with van der Waals surface area (Å²) in [5, 5.41) is 5.85. The van der Waals surface area contributed by atoms with Crippen LogP contribution < -0.4 is 10.9 Å². The van der Waals surface area contributed by atoms with E-state index in [2.05, 4.69) is 16.4 Å². The number of aromatic amines is 1. The molecule has 1 amide bonds. The molecule has 0 saturated carbocycles. The number of rotatable bonds is 7. The highest BCUT2D eigenvalue weighted by Gasteiger charge is 2.25. The van der Waals surface area contributed by atoms with Gasteiger partial charge in [-0.15, -0.1) is 0 Å². The fraction of sp³-hybridized carbons (Fsp3) is 0.194. The highest BCUT2D eigenvalue weighted by molar-refractivity contribution is 6.30. The largest absolute Gasteiger partial charge is 0.465 e. The molecule has 6 rings (SSSR count). The number of nitrogens with one attached hydrogen (secondary N) is 2. The fourth-order valence-corrected chi connectivity index (χ4v) is 6.21. The second-order valence-corrected chi connectivity index (χ2v) is 12.0. The van der Waals surface area contributed by atoms with Gasteiger partial charge in [0.05, 0.1) is 18.2 Å². The van der Waals surface area contributed by atoms with Crippen LogP contribution in [0.5, 0.6) is 0 Å². The molecule has 45 heavy (non-hydrogen) atoms. The average Bonchev–Trinajstić information content (AvgIpc) is 3.06. The number of methoxy groups -OCH3 is 1. The van der Waals surface area contributed by atoms with Crippen molar-refractivity contribution in [2.45, 2.75) is 24.8 Å². The fourth-order valence-electron chi connectivity index (χ4n) is 5.95. The van der Waals surface area contributed by atoms with Crippen molar-refractivity contribution in [3.63, 3.8) is 0 Å². The van der Waals surface area contributed by atoms with Crippen LogP contribution in [0.2, 0.25) is 10.0 Å². The lowest BCUT2D eigenvalue weighted by Gasteiger charge is -2.33. The van der Waals surface area contributed by atoms with Gasteiger partial charge in [-0.2, -0.15) is 0 Å². The Morgan fingerprint density at radius 2 is 1.36 bits per heavy atom. The number of ether oxygens (including phenoxy) is 1. The van der Waals surface area contributed by atoms with Crippen molar-refractivity contribution in [3.05, 3.63) is 145 Å². The summed E-state index contributed by atoms with van der Waals surface area (Å²) in [4.78, 5) is 42.3. The van der Waals surface area contributed by atoms with Gasteiger partial charge in [0.2, 0.25) is 5.56 Å². The van der Waals surface area contributed by atoms with Gasteiger partial charge in [-0.25, -0.2) is 4.79 Å². The lowest BCUT2D eigenvalue weighted by molar-refractivity contribution is 0.0599. The third kappa shape index (κ3) is 6.75. The van der Waals surface area contributed by atoms with E-state index < -0.39 is 5.97 Å². The number of pyridine rings is 1. The van der Waals surface area contributed by atoms with Crippen LogP contribution in [-0.2, 0) is 4.74 Å². The lowest BCUT2D eigenvalue weighted by atomic mass is 9.84. The molecule has 0 radical (unpaired) electrons. The Balaban J connectivity index is 1.24. The van der Waals surface area contributed by atoms with Gasteiger partial charge < -0.3 is 19.9 Å². The number of carbonyl (C=O) groups is 2. The molecule has 228 valence electrons. The average molecular weight is 641 g/mol. The molecular weight excluding hydrogens is 609 g/mol. The first-order valence-corrected chi connectivity index (χ1v) is 15.5. The molecule has 2 N–H and O–H groups in total. The monoisotopic (exact) mass is 639 g/mol. The van der Waals surface area contributed by atoms with E-state index in [1.165, 1.54) is 7.11 Å². The number of fused-ring (bicyclic) bond motifs is 1. The number of nitrogens with zero attached hydrogens (tertiary/aromatic N) is 1. The van der Waals surface area contributed by atoms with E-state index in [0.717, 1.165) is 46.1 Å². The van der Waals surface area contributed by atoms with Gasteiger partial charge in [-0.05, 0) is 90.2 Å². The number of carbonyl (C=O) groups excluding carboxylic acids is 2. The van der Waals surface area contributed by atoms with Gasteiger partial charge in [-0.1, -0.05) is 53.5 Å². The summed E-state index contributed by atoms with van der Waals surface area (Å²) in [7, 11) is 1.33. The number of halogens is 2. The number of H-pyrrole nitrogens is 1. The Hall–Kier alpha value is -4.59.